The van der Waals surface area contributed by atoms with Crippen LogP contribution in [-0.2, 0) is 16.0 Å². The van der Waals surface area contributed by atoms with Gasteiger partial charge in [-0.1, -0.05) is 30.3 Å². The van der Waals surface area contributed by atoms with Crippen LogP contribution >= 0.6 is 0 Å². The molecule has 1 saturated heterocycles. The van der Waals surface area contributed by atoms with Crippen LogP contribution in [-0.4, -0.2) is 38.8 Å². The predicted molar refractivity (Wildman–Crippen MR) is 93.4 cm³/mol. The van der Waals surface area contributed by atoms with E-state index in [1.54, 1.807) is 0 Å². The molecule has 1 atom stereocenters. The number of nitrogens with one attached hydrogen (secondary N) is 2. The molecule has 2 N–H and O–H groups in total. The highest BCUT2D eigenvalue weighted by molar-refractivity contribution is 5.75. The molecule has 23 heavy (non-hydrogen) atoms. The summed E-state index contributed by atoms with van der Waals surface area (Å²) in [7, 11) is 0. The Bertz CT molecular complexity index is 430. The molecule has 1 aromatic rings. The van der Waals surface area contributed by atoms with E-state index in [4.69, 9.17) is 4.74 Å². The number of piperidine rings is 1. The van der Waals surface area contributed by atoms with E-state index in [0.717, 1.165) is 51.4 Å². The van der Waals surface area contributed by atoms with Crippen LogP contribution in [0, 0.1) is 5.92 Å². The number of benzene rings is 1. The Labute approximate surface area is 140 Å². The summed E-state index contributed by atoms with van der Waals surface area (Å²) < 4.78 is 5.60. The van der Waals surface area contributed by atoms with Gasteiger partial charge in [0.05, 0.1) is 6.61 Å². The van der Waals surface area contributed by atoms with Crippen molar-refractivity contribution in [3.05, 3.63) is 35.9 Å². The van der Waals surface area contributed by atoms with Crippen LogP contribution in [0.2, 0.25) is 0 Å². The summed E-state index contributed by atoms with van der Waals surface area (Å²) in [6.45, 7) is 4.44. The number of rotatable bonds is 10. The van der Waals surface area contributed by atoms with E-state index in [-0.39, 0.29) is 5.91 Å². The second-order valence-electron chi connectivity index (χ2n) is 6.30. The number of ether oxygens (including phenoxy) is 1. The summed E-state index contributed by atoms with van der Waals surface area (Å²) in [6, 6.07) is 10.3. The van der Waals surface area contributed by atoms with E-state index >= 15 is 0 Å². The average Bonchev–Trinajstić information content (AvgIpc) is 2.60. The summed E-state index contributed by atoms with van der Waals surface area (Å²) in [5.41, 5.74) is 1.29. The van der Waals surface area contributed by atoms with E-state index in [1.165, 1.54) is 18.4 Å². The van der Waals surface area contributed by atoms with Gasteiger partial charge in [-0.2, -0.15) is 0 Å². The zero-order valence-electron chi connectivity index (χ0n) is 14.1. The normalized spacial score (nSPS) is 17.8. The maximum atomic E-state index is 11.8. The summed E-state index contributed by atoms with van der Waals surface area (Å²) in [4.78, 5) is 11.8. The molecule has 1 aliphatic rings. The molecule has 0 spiro atoms. The zero-order chi connectivity index (χ0) is 16.2. The number of hydrogen-bond acceptors (Lipinski definition) is 3. The van der Waals surface area contributed by atoms with Crippen LogP contribution in [0.25, 0.3) is 0 Å². The smallest absolute Gasteiger partial charge is 0.220 e. The molecule has 2 rings (SSSR count). The molecule has 1 unspecified atom stereocenters. The second-order valence-corrected chi connectivity index (χ2v) is 6.30. The monoisotopic (exact) mass is 318 g/mol. The van der Waals surface area contributed by atoms with Gasteiger partial charge in [-0.05, 0) is 56.7 Å². The Hall–Kier alpha value is -1.39. The molecule has 128 valence electrons. The summed E-state index contributed by atoms with van der Waals surface area (Å²) >= 11 is 0. The molecule has 4 heteroatoms. The molecule has 1 aromatic carbocycles. The number of hydrogen-bond donors (Lipinski definition) is 2. The fraction of sp³-hybridized carbons (Fsp3) is 0.632. The van der Waals surface area contributed by atoms with Gasteiger partial charge < -0.3 is 15.4 Å². The molecule has 0 bridgehead atoms. The Morgan fingerprint density at radius 3 is 2.91 bits per heavy atom. The quantitative estimate of drug-likeness (QED) is 0.652. The Morgan fingerprint density at radius 1 is 1.26 bits per heavy atom. The van der Waals surface area contributed by atoms with E-state index in [9.17, 15) is 4.79 Å². The van der Waals surface area contributed by atoms with Crippen LogP contribution < -0.4 is 10.6 Å². The van der Waals surface area contributed by atoms with Gasteiger partial charge in [-0.15, -0.1) is 0 Å². The van der Waals surface area contributed by atoms with Crippen molar-refractivity contribution in [3.8, 4) is 0 Å². The van der Waals surface area contributed by atoms with Gasteiger partial charge in [0.1, 0.15) is 0 Å². The van der Waals surface area contributed by atoms with E-state index in [0.29, 0.717) is 13.0 Å². The van der Waals surface area contributed by atoms with Crippen LogP contribution in [0.15, 0.2) is 30.3 Å². The lowest BCUT2D eigenvalue weighted by Gasteiger charge is -2.22. The van der Waals surface area contributed by atoms with Crippen molar-refractivity contribution in [2.75, 3.05) is 32.8 Å². The van der Waals surface area contributed by atoms with Gasteiger partial charge in [0.25, 0.3) is 0 Å². The minimum absolute atomic E-state index is 0.153. The molecule has 1 heterocycles. The van der Waals surface area contributed by atoms with Gasteiger partial charge in [0, 0.05) is 19.6 Å². The van der Waals surface area contributed by atoms with Gasteiger partial charge >= 0.3 is 0 Å². The van der Waals surface area contributed by atoms with Crippen LogP contribution in [0.3, 0.4) is 0 Å². The molecule has 1 amide bonds. The molecular weight excluding hydrogens is 288 g/mol. The topological polar surface area (TPSA) is 50.4 Å². The molecule has 1 fully saturated rings. The van der Waals surface area contributed by atoms with Crippen molar-refractivity contribution in [2.45, 2.75) is 38.5 Å². The van der Waals surface area contributed by atoms with Crippen LogP contribution in [0.4, 0.5) is 0 Å². The molecule has 4 nitrogen and oxygen atoms in total. The van der Waals surface area contributed by atoms with E-state index in [1.807, 2.05) is 18.2 Å². The van der Waals surface area contributed by atoms with Gasteiger partial charge in [0.2, 0.25) is 5.91 Å². The maximum absolute atomic E-state index is 11.8. The minimum Gasteiger partial charge on any atom is -0.381 e. The first-order valence-corrected chi connectivity index (χ1v) is 8.93. The fourth-order valence-corrected chi connectivity index (χ4v) is 2.95. The minimum atomic E-state index is 0.153. The summed E-state index contributed by atoms with van der Waals surface area (Å²) in [5, 5.41) is 6.43. The van der Waals surface area contributed by atoms with Crippen molar-refractivity contribution < 1.29 is 9.53 Å². The third-order valence-electron chi connectivity index (χ3n) is 4.34. The lowest BCUT2D eigenvalue weighted by molar-refractivity contribution is -0.121. The van der Waals surface area contributed by atoms with Gasteiger partial charge in [0.15, 0.2) is 0 Å². The number of amides is 1. The standard InChI is InChI=1S/C19H30N2O2/c22-19(21-13-10-18-8-4-12-20-16-18)9-5-14-23-15-11-17-6-2-1-3-7-17/h1-3,6-7,18,20H,4-5,8-16H2,(H,21,22). The first-order chi connectivity index (χ1) is 11.3. The Kier molecular flexibility index (Phi) is 8.74. The predicted octanol–water partition coefficient (Wildman–Crippen LogP) is 2.53. The SMILES string of the molecule is O=C(CCCOCCc1ccccc1)NCCC1CCCNC1. The second kappa shape index (κ2) is 11.2. The van der Waals surface area contributed by atoms with Gasteiger partial charge in [-0.25, -0.2) is 0 Å². The fourth-order valence-electron chi connectivity index (χ4n) is 2.95. The van der Waals surface area contributed by atoms with Crippen molar-refractivity contribution in [1.82, 2.24) is 10.6 Å². The van der Waals surface area contributed by atoms with Crippen LogP contribution in [0.1, 0.15) is 37.7 Å². The largest absolute Gasteiger partial charge is 0.381 e. The zero-order valence-corrected chi connectivity index (χ0v) is 14.1. The van der Waals surface area contributed by atoms with Crippen molar-refractivity contribution in [1.29, 1.82) is 0 Å². The molecule has 0 saturated carbocycles. The number of carbonyl (C=O) groups is 1. The highest BCUT2D eigenvalue weighted by atomic mass is 16.5. The van der Waals surface area contributed by atoms with Crippen molar-refractivity contribution in [2.24, 2.45) is 5.92 Å². The lowest BCUT2D eigenvalue weighted by atomic mass is 9.96. The van der Waals surface area contributed by atoms with Crippen molar-refractivity contribution >= 4 is 5.91 Å². The molecule has 0 radical (unpaired) electrons. The Morgan fingerprint density at radius 2 is 2.13 bits per heavy atom. The van der Waals surface area contributed by atoms with E-state index in [2.05, 4.69) is 22.8 Å². The molecular formula is C19H30N2O2. The summed E-state index contributed by atoms with van der Waals surface area (Å²) in [6.07, 6.45) is 5.94. The highest BCUT2D eigenvalue weighted by Crippen LogP contribution is 2.12. The van der Waals surface area contributed by atoms with Crippen LogP contribution in [0.5, 0.6) is 0 Å². The van der Waals surface area contributed by atoms with E-state index < -0.39 is 0 Å². The lowest BCUT2D eigenvalue weighted by Crippen LogP contribution is -2.33. The third kappa shape index (κ3) is 8.14. The first-order valence-electron chi connectivity index (χ1n) is 8.93. The Balaban J connectivity index is 1.40. The molecule has 1 aliphatic heterocycles. The maximum Gasteiger partial charge on any atom is 0.220 e. The molecule has 0 aromatic heterocycles. The van der Waals surface area contributed by atoms with Gasteiger partial charge in [-0.3, -0.25) is 4.79 Å². The number of carbonyl (C=O) groups excluding carboxylic acids is 1. The summed E-state index contributed by atoms with van der Waals surface area (Å²) in [5.74, 6) is 0.880. The third-order valence-corrected chi connectivity index (χ3v) is 4.34. The first kappa shape index (κ1) is 18.0. The van der Waals surface area contributed by atoms with Crippen molar-refractivity contribution in [3.63, 3.8) is 0 Å². The highest BCUT2D eigenvalue weighted by Gasteiger charge is 2.12. The molecule has 0 aliphatic carbocycles. The average molecular weight is 318 g/mol.